The van der Waals surface area contributed by atoms with Crippen LogP contribution >= 0.6 is 11.6 Å². The van der Waals surface area contributed by atoms with Crippen LogP contribution in [-0.2, 0) is 0 Å². The zero-order valence-electron chi connectivity index (χ0n) is 12.6. The molecule has 0 aliphatic heterocycles. The number of amides is 2. The lowest BCUT2D eigenvalue weighted by atomic mass is 10.2. The van der Waals surface area contributed by atoms with Crippen LogP contribution in [-0.4, -0.2) is 21.0 Å². The molecule has 2 heterocycles. The maximum atomic E-state index is 12.0. The Hall–Kier alpha value is -2.73. The molecule has 0 bridgehead atoms. The summed E-state index contributed by atoms with van der Waals surface area (Å²) in [5.41, 5.74) is 3.91. The molecular weight excluding hydrogens is 314 g/mol. The van der Waals surface area contributed by atoms with Crippen LogP contribution in [0.15, 0.2) is 36.5 Å². The molecule has 7 heteroatoms. The lowest BCUT2D eigenvalue weighted by Gasteiger charge is -2.08. The van der Waals surface area contributed by atoms with Gasteiger partial charge in [0, 0.05) is 11.9 Å². The molecule has 3 rings (SSSR count). The molecule has 2 amide bonds. The van der Waals surface area contributed by atoms with Crippen LogP contribution in [0.25, 0.3) is 11.0 Å². The Morgan fingerprint density at radius 2 is 1.74 bits per heavy atom. The number of anilines is 2. The van der Waals surface area contributed by atoms with Gasteiger partial charge in [0.25, 0.3) is 0 Å². The first-order valence-corrected chi connectivity index (χ1v) is 7.33. The smallest absolute Gasteiger partial charge is 0.308 e. The van der Waals surface area contributed by atoms with E-state index >= 15 is 0 Å². The third-order valence-corrected chi connectivity index (χ3v) is 3.53. The standard InChI is InChI=1S/C16H14ClN5O/c1-9-10(2)20-14-7-12(4-5-13(14)19-9)21-16(23)22-15-6-3-11(17)8-18-15/h3-8H,1-2H3,(H2,18,21,22,23). The van der Waals surface area contributed by atoms with E-state index in [0.29, 0.717) is 16.5 Å². The summed E-state index contributed by atoms with van der Waals surface area (Å²) in [5.74, 6) is 0.416. The normalized spacial score (nSPS) is 10.6. The van der Waals surface area contributed by atoms with Gasteiger partial charge in [-0.05, 0) is 44.2 Å². The third kappa shape index (κ3) is 3.54. The lowest BCUT2D eigenvalue weighted by molar-refractivity contribution is 0.262. The quantitative estimate of drug-likeness (QED) is 0.747. The van der Waals surface area contributed by atoms with Crippen molar-refractivity contribution in [2.45, 2.75) is 13.8 Å². The van der Waals surface area contributed by atoms with Gasteiger partial charge in [-0.3, -0.25) is 5.32 Å². The first kappa shape index (κ1) is 15.2. The fourth-order valence-corrected chi connectivity index (χ4v) is 2.15. The van der Waals surface area contributed by atoms with Crippen molar-refractivity contribution in [3.63, 3.8) is 0 Å². The van der Waals surface area contributed by atoms with Crippen LogP contribution in [0.4, 0.5) is 16.3 Å². The van der Waals surface area contributed by atoms with Crippen LogP contribution in [0.5, 0.6) is 0 Å². The third-order valence-electron chi connectivity index (χ3n) is 3.30. The number of nitrogens with zero attached hydrogens (tertiary/aromatic N) is 3. The zero-order chi connectivity index (χ0) is 16.4. The molecule has 3 aromatic rings. The molecule has 2 aromatic heterocycles. The van der Waals surface area contributed by atoms with Gasteiger partial charge in [0.2, 0.25) is 0 Å². The van der Waals surface area contributed by atoms with Gasteiger partial charge in [0.05, 0.1) is 27.4 Å². The summed E-state index contributed by atoms with van der Waals surface area (Å²) in [4.78, 5) is 24.9. The van der Waals surface area contributed by atoms with Gasteiger partial charge >= 0.3 is 6.03 Å². The van der Waals surface area contributed by atoms with Crippen molar-refractivity contribution in [2.24, 2.45) is 0 Å². The van der Waals surface area contributed by atoms with Crippen molar-refractivity contribution in [3.05, 3.63) is 52.9 Å². The number of halogens is 1. The van der Waals surface area contributed by atoms with Crippen molar-refractivity contribution in [1.82, 2.24) is 15.0 Å². The summed E-state index contributed by atoms with van der Waals surface area (Å²) in [6.45, 7) is 3.82. The molecule has 0 fully saturated rings. The van der Waals surface area contributed by atoms with Gasteiger partial charge in [-0.1, -0.05) is 11.6 Å². The lowest BCUT2D eigenvalue weighted by Crippen LogP contribution is -2.20. The van der Waals surface area contributed by atoms with Crippen LogP contribution in [0.1, 0.15) is 11.4 Å². The van der Waals surface area contributed by atoms with Crippen molar-refractivity contribution < 1.29 is 4.79 Å². The largest absolute Gasteiger partial charge is 0.324 e. The van der Waals surface area contributed by atoms with Gasteiger partial charge in [-0.15, -0.1) is 0 Å². The van der Waals surface area contributed by atoms with Gasteiger partial charge in [0.1, 0.15) is 5.82 Å². The second-order valence-electron chi connectivity index (χ2n) is 5.04. The number of pyridine rings is 1. The second kappa shape index (κ2) is 6.18. The summed E-state index contributed by atoms with van der Waals surface area (Å²) in [7, 11) is 0. The molecule has 0 radical (unpaired) electrons. The average molecular weight is 328 g/mol. The number of carbonyl (C=O) groups excluding carboxylic acids is 1. The second-order valence-corrected chi connectivity index (χ2v) is 5.48. The van der Waals surface area contributed by atoms with Crippen LogP contribution in [0.2, 0.25) is 5.02 Å². The van der Waals surface area contributed by atoms with Crippen molar-refractivity contribution >= 4 is 40.2 Å². The molecule has 0 spiro atoms. The molecular formula is C16H14ClN5O. The maximum Gasteiger partial charge on any atom is 0.324 e. The number of hydrogen-bond donors (Lipinski definition) is 2. The first-order chi connectivity index (χ1) is 11.0. The fourth-order valence-electron chi connectivity index (χ4n) is 2.04. The molecule has 2 N–H and O–H groups in total. The number of aromatic nitrogens is 3. The Morgan fingerprint density at radius 1 is 1.00 bits per heavy atom. The van der Waals surface area contributed by atoms with E-state index in [-0.39, 0.29) is 0 Å². The summed E-state index contributed by atoms with van der Waals surface area (Å²) in [6.07, 6.45) is 1.47. The van der Waals surface area contributed by atoms with E-state index < -0.39 is 6.03 Å². The van der Waals surface area contributed by atoms with Gasteiger partial charge in [-0.25, -0.2) is 19.7 Å². The molecule has 0 aliphatic rings. The Labute approximate surface area is 137 Å². The number of nitrogens with one attached hydrogen (secondary N) is 2. The molecule has 116 valence electrons. The van der Waals surface area contributed by atoms with Crippen LogP contribution in [0, 0.1) is 13.8 Å². The SMILES string of the molecule is Cc1nc2ccc(NC(=O)Nc3ccc(Cl)cn3)cc2nc1C. The molecule has 0 saturated carbocycles. The summed E-state index contributed by atoms with van der Waals surface area (Å²) >= 11 is 5.75. The molecule has 0 atom stereocenters. The first-order valence-electron chi connectivity index (χ1n) is 6.96. The predicted molar refractivity (Wildman–Crippen MR) is 90.9 cm³/mol. The minimum absolute atomic E-state index is 0.393. The molecule has 23 heavy (non-hydrogen) atoms. The topological polar surface area (TPSA) is 79.8 Å². The minimum atomic E-state index is -0.393. The predicted octanol–water partition coefficient (Wildman–Crippen LogP) is 3.94. The highest BCUT2D eigenvalue weighted by Crippen LogP contribution is 2.18. The number of benzene rings is 1. The Bertz CT molecular complexity index is 880. The van der Waals surface area contributed by atoms with Crippen molar-refractivity contribution in [1.29, 1.82) is 0 Å². The summed E-state index contributed by atoms with van der Waals surface area (Å²) in [5, 5.41) is 5.88. The Morgan fingerprint density at radius 3 is 2.43 bits per heavy atom. The fraction of sp³-hybridized carbons (Fsp3) is 0.125. The average Bonchev–Trinajstić information content (AvgIpc) is 2.51. The maximum absolute atomic E-state index is 12.0. The van der Waals surface area contributed by atoms with E-state index in [1.54, 1.807) is 24.3 Å². The Kier molecular flexibility index (Phi) is 4.08. The monoisotopic (exact) mass is 327 g/mol. The van der Waals surface area contributed by atoms with Crippen LogP contribution in [0.3, 0.4) is 0 Å². The number of rotatable bonds is 2. The number of urea groups is 1. The highest BCUT2D eigenvalue weighted by Gasteiger charge is 2.06. The van der Waals surface area contributed by atoms with Gasteiger partial charge < -0.3 is 5.32 Å². The highest BCUT2D eigenvalue weighted by molar-refractivity contribution is 6.30. The number of fused-ring (bicyclic) bond motifs is 1. The van der Waals surface area contributed by atoms with Crippen molar-refractivity contribution in [3.8, 4) is 0 Å². The van der Waals surface area contributed by atoms with E-state index in [2.05, 4.69) is 25.6 Å². The van der Waals surface area contributed by atoms with E-state index in [0.717, 1.165) is 22.4 Å². The highest BCUT2D eigenvalue weighted by atomic mass is 35.5. The molecule has 0 aliphatic carbocycles. The summed E-state index contributed by atoms with van der Waals surface area (Å²) in [6, 6.07) is 8.27. The summed E-state index contributed by atoms with van der Waals surface area (Å²) < 4.78 is 0. The van der Waals surface area contributed by atoms with Gasteiger partial charge in [-0.2, -0.15) is 0 Å². The zero-order valence-corrected chi connectivity index (χ0v) is 13.3. The molecule has 6 nitrogen and oxygen atoms in total. The van der Waals surface area contributed by atoms with E-state index in [1.807, 2.05) is 19.9 Å². The van der Waals surface area contributed by atoms with Gasteiger partial charge in [0.15, 0.2) is 0 Å². The molecule has 0 unspecified atom stereocenters. The Balaban J connectivity index is 1.76. The number of hydrogen-bond acceptors (Lipinski definition) is 4. The number of carbonyl (C=O) groups is 1. The van der Waals surface area contributed by atoms with E-state index in [9.17, 15) is 4.79 Å². The molecule has 1 aromatic carbocycles. The minimum Gasteiger partial charge on any atom is -0.308 e. The molecule has 0 saturated heterocycles. The van der Waals surface area contributed by atoms with Crippen LogP contribution < -0.4 is 10.6 Å². The number of aryl methyl sites for hydroxylation is 2. The van der Waals surface area contributed by atoms with Crippen molar-refractivity contribution in [2.75, 3.05) is 10.6 Å². The van der Waals surface area contributed by atoms with E-state index in [1.165, 1.54) is 6.20 Å². The van der Waals surface area contributed by atoms with E-state index in [4.69, 9.17) is 11.6 Å².